The first-order valence-electron chi connectivity index (χ1n) is 10.5. The van der Waals surface area contributed by atoms with Crippen molar-refractivity contribution >= 4 is 11.6 Å². The molecule has 1 saturated carbocycles. The molecule has 27 heavy (non-hydrogen) atoms. The number of ether oxygens (including phenoxy) is 1. The fourth-order valence-electron chi connectivity index (χ4n) is 5.81. The Hall–Kier alpha value is -1.55. The first-order chi connectivity index (χ1) is 12.8. The van der Waals surface area contributed by atoms with Gasteiger partial charge in [-0.3, -0.25) is 4.79 Å². The first kappa shape index (κ1) is 18.8. The highest BCUT2D eigenvalue weighted by Crippen LogP contribution is 2.56. The van der Waals surface area contributed by atoms with E-state index in [0.29, 0.717) is 11.5 Å². The summed E-state index contributed by atoms with van der Waals surface area (Å²) in [4.78, 5) is 15.1. The smallest absolute Gasteiger partial charge is 0.229 e. The van der Waals surface area contributed by atoms with Crippen LogP contribution in [0, 0.1) is 11.3 Å². The molecule has 1 aliphatic heterocycles. The van der Waals surface area contributed by atoms with E-state index in [9.17, 15) is 4.79 Å². The van der Waals surface area contributed by atoms with Crippen LogP contribution < -0.4 is 10.1 Å². The van der Waals surface area contributed by atoms with Crippen LogP contribution in [-0.2, 0) is 16.6 Å². The van der Waals surface area contributed by atoms with Crippen LogP contribution >= 0.6 is 0 Å². The molecular formula is C23H34N2O2. The largest absolute Gasteiger partial charge is 0.495 e. The number of likely N-dealkylation sites (tertiary alicyclic amines) is 1. The quantitative estimate of drug-likeness (QED) is 0.840. The minimum atomic E-state index is -0.426. The topological polar surface area (TPSA) is 41.6 Å². The van der Waals surface area contributed by atoms with Gasteiger partial charge in [-0.25, -0.2) is 0 Å². The number of likely N-dealkylation sites (N-methyl/N-ethyl adjacent to an activating group) is 1. The summed E-state index contributed by atoms with van der Waals surface area (Å²) >= 11 is 0. The van der Waals surface area contributed by atoms with Gasteiger partial charge in [0, 0.05) is 16.9 Å². The lowest BCUT2D eigenvalue weighted by Gasteiger charge is -2.58. The Labute approximate surface area is 163 Å². The maximum Gasteiger partial charge on any atom is 0.229 e. The molecule has 1 amide bonds. The average molecular weight is 371 g/mol. The van der Waals surface area contributed by atoms with Crippen LogP contribution in [0.3, 0.4) is 0 Å². The zero-order valence-electron chi connectivity index (χ0n) is 17.5. The molecule has 1 heterocycles. The van der Waals surface area contributed by atoms with Crippen molar-refractivity contribution < 1.29 is 9.53 Å². The second-order valence-electron chi connectivity index (χ2n) is 9.92. The molecule has 3 aliphatic rings. The number of hydrogen-bond acceptors (Lipinski definition) is 3. The SMILES string of the molecule is COc1cc2c(cc1NC(=O)C(C)(C)C)C[C@H]1C3CCCC[C@@]23CCN1C. The van der Waals surface area contributed by atoms with E-state index in [-0.39, 0.29) is 5.91 Å². The zero-order valence-corrected chi connectivity index (χ0v) is 17.5. The molecule has 2 aliphatic carbocycles. The van der Waals surface area contributed by atoms with E-state index >= 15 is 0 Å². The molecule has 1 N–H and O–H groups in total. The fourth-order valence-corrected chi connectivity index (χ4v) is 5.81. The number of carbonyl (C=O) groups is 1. The van der Waals surface area contributed by atoms with Gasteiger partial charge in [-0.15, -0.1) is 0 Å². The van der Waals surface area contributed by atoms with Gasteiger partial charge < -0.3 is 15.0 Å². The van der Waals surface area contributed by atoms with Crippen molar-refractivity contribution in [3.8, 4) is 5.75 Å². The molecule has 1 aromatic rings. The van der Waals surface area contributed by atoms with Crippen LogP contribution in [0.5, 0.6) is 5.75 Å². The van der Waals surface area contributed by atoms with Crippen LogP contribution in [-0.4, -0.2) is 37.6 Å². The molecule has 4 nitrogen and oxygen atoms in total. The highest BCUT2D eigenvalue weighted by molar-refractivity contribution is 5.96. The van der Waals surface area contributed by atoms with Crippen LogP contribution in [0.15, 0.2) is 12.1 Å². The third-order valence-corrected chi connectivity index (χ3v) is 7.36. The number of rotatable bonds is 2. The summed E-state index contributed by atoms with van der Waals surface area (Å²) in [5, 5.41) is 3.12. The van der Waals surface area contributed by atoms with Crippen molar-refractivity contribution in [2.75, 3.05) is 26.0 Å². The molecule has 0 radical (unpaired) electrons. The predicted octanol–water partition coefficient (Wildman–Crippen LogP) is 4.37. The van der Waals surface area contributed by atoms with Crippen LogP contribution in [0.2, 0.25) is 0 Å². The van der Waals surface area contributed by atoms with Gasteiger partial charge >= 0.3 is 0 Å². The molecule has 0 aromatic heterocycles. The Morgan fingerprint density at radius 3 is 2.74 bits per heavy atom. The van der Waals surface area contributed by atoms with Crippen molar-refractivity contribution in [1.82, 2.24) is 4.90 Å². The normalized spacial score (nSPS) is 30.3. The summed E-state index contributed by atoms with van der Waals surface area (Å²) in [6, 6.07) is 5.09. The molecule has 148 valence electrons. The molecule has 1 aromatic carbocycles. The van der Waals surface area contributed by atoms with Crippen molar-refractivity contribution in [2.24, 2.45) is 11.3 Å². The molecule has 4 heteroatoms. The van der Waals surface area contributed by atoms with Gasteiger partial charge in [0.25, 0.3) is 0 Å². The van der Waals surface area contributed by atoms with Gasteiger partial charge in [0.2, 0.25) is 5.91 Å². The third-order valence-electron chi connectivity index (χ3n) is 7.36. The van der Waals surface area contributed by atoms with Gasteiger partial charge in [0.05, 0.1) is 12.8 Å². The average Bonchev–Trinajstić information content (AvgIpc) is 2.63. The van der Waals surface area contributed by atoms with Crippen molar-refractivity contribution in [2.45, 2.75) is 70.8 Å². The number of methoxy groups -OCH3 is 1. The van der Waals surface area contributed by atoms with E-state index in [1.807, 2.05) is 20.8 Å². The van der Waals surface area contributed by atoms with Crippen LogP contribution in [0.25, 0.3) is 0 Å². The van der Waals surface area contributed by atoms with Crippen LogP contribution in [0.4, 0.5) is 5.69 Å². The minimum Gasteiger partial charge on any atom is -0.495 e. The molecule has 1 saturated heterocycles. The maximum absolute atomic E-state index is 12.6. The number of fused-ring (bicyclic) bond motifs is 1. The standard InChI is InChI=1S/C23H34N2O2/c1-22(2,3)21(26)24-18-12-15-13-19-16-8-6-7-9-23(16,10-11-25(19)4)17(15)14-20(18)27-5/h12,14,16,19H,6-11,13H2,1-5H3,(H,24,26)/t16?,19-,23-/m0/s1. The monoisotopic (exact) mass is 370 g/mol. The van der Waals surface area contributed by atoms with E-state index in [1.54, 1.807) is 7.11 Å². The zero-order chi connectivity index (χ0) is 19.4. The van der Waals surface area contributed by atoms with Crippen molar-refractivity contribution in [1.29, 1.82) is 0 Å². The van der Waals surface area contributed by atoms with Gasteiger partial charge in [-0.1, -0.05) is 33.6 Å². The third kappa shape index (κ3) is 2.97. The van der Waals surface area contributed by atoms with E-state index in [0.717, 1.165) is 23.8 Å². The maximum atomic E-state index is 12.6. The summed E-state index contributed by atoms with van der Waals surface area (Å²) in [5.74, 6) is 1.60. The predicted molar refractivity (Wildman–Crippen MR) is 109 cm³/mol. The molecule has 2 bridgehead atoms. The fraction of sp³-hybridized carbons (Fsp3) is 0.696. The number of benzene rings is 1. The number of hydrogen-bond donors (Lipinski definition) is 1. The summed E-state index contributed by atoms with van der Waals surface area (Å²) in [6.07, 6.45) is 7.67. The Bertz CT molecular complexity index is 751. The number of nitrogens with zero attached hydrogens (tertiary/aromatic N) is 1. The lowest BCUT2D eigenvalue weighted by Crippen LogP contribution is -2.59. The summed E-state index contributed by atoms with van der Waals surface area (Å²) < 4.78 is 5.74. The minimum absolute atomic E-state index is 0.0302. The van der Waals surface area contributed by atoms with Crippen LogP contribution in [0.1, 0.15) is 64.0 Å². The Kier molecular flexibility index (Phi) is 4.53. The molecular weight excluding hydrogens is 336 g/mol. The highest BCUT2D eigenvalue weighted by Gasteiger charge is 2.53. The second-order valence-corrected chi connectivity index (χ2v) is 9.92. The van der Waals surface area contributed by atoms with Gasteiger partial charge in [0.1, 0.15) is 5.75 Å². The number of carbonyl (C=O) groups excluding carboxylic acids is 1. The lowest BCUT2D eigenvalue weighted by atomic mass is 9.52. The van der Waals surface area contributed by atoms with Gasteiger partial charge in [0.15, 0.2) is 0 Å². The number of piperidine rings is 1. The van der Waals surface area contributed by atoms with Gasteiger partial charge in [-0.2, -0.15) is 0 Å². The Balaban J connectivity index is 1.79. The number of anilines is 1. The molecule has 1 unspecified atom stereocenters. The lowest BCUT2D eigenvalue weighted by molar-refractivity contribution is -0.123. The number of amides is 1. The van der Waals surface area contributed by atoms with E-state index in [4.69, 9.17) is 4.74 Å². The van der Waals surface area contributed by atoms with E-state index in [2.05, 4.69) is 29.4 Å². The molecule has 3 atom stereocenters. The molecule has 2 fully saturated rings. The Morgan fingerprint density at radius 2 is 2.04 bits per heavy atom. The summed E-state index contributed by atoms with van der Waals surface area (Å²) in [7, 11) is 4.00. The van der Waals surface area contributed by atoms with E-state index in [1.165, 1.54) is 49.8 Å². The van der Waals surface area contributed by atoms with Crippen molar-refractivity contribution in [3.63, 3.8) is 0 Å². The molecule has 0 spiro atoms. The first-order valence-corrected chi connectivity index (χ1v) is 10.5. The van der Waals surface area contributed by atoms with Crippen molar-refractivity contribution in [3.05, 3.63) is 23.3 Å². The number of nitrogens with one attached hydrogen (secondary N) is 1. The second kappa shape index (κ2) is 6.51. The summed E-state index contributed by atoms with van der Waals surface area (Å²) in [5.41, 5.74) is 3.62. The highest BCUT2D eigenvalue weighted by atomic mass is 16.5. The van der Waals surface area contributed by atoms with Gasteiger partial charge in [-0.05, 0) is 68.5 Å². The Morgan fingerprint density at radius 1 is 1.26 bits per heavy atom. The molecule has 4 rings (SSSR count). The van der Waals surface area contributed by atoms with E-state index < -0.39 is 5.41 Å². The summed E-state index contributed by atoms with van der Waals surface area (Å²) in [6.45, 7) is 7.01.